The van der Waals surface area contributed by atoms with E-state index in [0.29, 0.717) is 10.9 Å². The maximum atomic E-state index is 12.5. The predicted octanol–water partition coefficient (Wildman–Crippen LogP) is 3.73. The minimum Gasteiger partial charge on any atom is -0.446 e. The lowest BCUT2D eigenvalue weighted by Crippen LogP contribution is -2.33. The van der Waals surface area contributed by atoms with Crippen LogP contribution in [0.4, 0.5) is 0 Å². The van der Waals surface area contributed by atoms with E-state index in [1.54, 1.807) is 35.3 Å². The smallest absolute Gasteiger partial charge is 0.237 e. The highest BCUT2D eigenvalue weighted by Crippen LogP contribution is 2.26. The van der Waals surface area contributed by atoms with Crippen molar-refractivity contribution in [3.05, 3.63) is 47.9 Å². The Bertz CT molecular complexity index is 588. The first kappa shape index (κ1) is 14.6. The van der Waals surface area contributed by atoms with Crippen molar-refractivity contribution >= 4 is 17.4 Å². The summed E-state index contributed by atoms with van der Waals surface area (Å²) in [5.41, 5.74) is -0.520. The third kappa shape index (κ3) is 3.39. The first-order valence-corrected chi connectivity index (χ1v) is 6.71. The normalized spacial score (nSPS) is 13.0. The van der Waals surface area contributed by atoms with Crippen LogP contribution < -0.4 is 4.74 Å². The first-order valence-electron chi connectivity index (χ1n) is 6.33. The molecule has 106 valence electrons. The number of carbonyl (C=O) groups excluding carboxylic acids is 1. The molecule has 0 fully saturated rings. The quantitative estimate of drug-likeness (QED) is 0.862. The molecule has 0 aromatic carbocycles. The summed E-state index contributed by atoms with van der Waals surface area (Å²) in [7, 11) is 0. The SMILES string of the molecule is CC(C)(C)C(=O)C(Oc1cc(Cl)ccn1)n1cccc1. The number of aromatic nitrogens is 2. The van der Waals surface area contributed by atoms with E-state index in [-0.39, 0.29) is 5.78 Å². The average molecular weight is 293 g/mol. The van der Waals surface area contributed by atoms with Crippen molar-refractivity contribution in [3.63, 3.8) is 0 Å². The highest BCUT2D eigenvalue weighted by atomic mass is 35.5. The van der Waals surface area contributed by atoms with Crippen LogP contribution in [0.2, 0.25) is 5.02 Å². The summed E-state index contributed by atoms with van der Waals surface area (Å²) >= 11 is 5.91. The van der Waals surface area contributed by atoms with Gasteiger partial charge in [-0.15, -0.1) is 0 Å². The summed E-state index contributed by atoms with van der Waals surface area (Å²) in [6, 6.07) is 6.94. The van der Waals surface area contributed by atoms with Crippen LogP contribution in [0.25, 0.3) is 0 Å². The number of rotatable bonds is 4. The van der Waals surface area contributed by atoms with Gasteiger partial charge in [0.15, 0.2) is 5.78 Å². The van der Waals surface area contributed by atoms with Crippen molar-refractivity contribution in [1.29, 1.82) is 0 Å². The Kier molecular flexibility index (Phi) is 4.14. The van der Waals surface area contributed by atoms with E-state index in [1.807, 2.05) is 32.9 Å². The Morgan fingerprint density at radius 3 is 2.55 bits per heavy atom. The van der Waals surface area contributed by atoms with Gasteiger partial charge in [-0.25, -0.2) is 4.98 Å². The first-order chi connectivity index (χ1) is 9.38. The minimum absolute atomic E-state index is 0.0320. The van der Waals surface area contributed by atoms with Crippen LogP contribution in [-0.2, 0) is 4.79 Å². The van der Waals surface area contributed by atoms with Crippen molar-refractivity contribution in [1.82, 2.24) is 9.55 Å². The Hall–Kier alpha value is -1.81. The van der Waals surface area contributed by atoms with Crippen molar-refractivity contribution in [2.75, 3.05) is 0 Å². The molecule has 0 aliphatic heterocycles. The lowest BCUT2D eigenvalue weighted by atomic mass is 9.89. The molecule has 1 atom stereocenters. The molecular weight excluding hydrogens is 276 g/mol. The van der Waals surface area contributed by atoms with Crippen LogP contribution in [-0.4, -0.2) is 15.3 Å². The van der Waals surface area contributed by atoms with Crippen molar-refractivity contribution < 1.29 is 9.53 Å². The third-order valence-electron chi connectivity index (χ3n) is 2.79. The van der Waals surface area contributed by atoms with Gasteiger partial charge < -0.3 is 9.30 Å². The van der Waals surface area contributed by atoms with Gasteiger partial charge in [-0.3, -0.25) is 4.79 Å². The van der Waals surface area contributed by atoms with E-state index in [4.69, 9.17) is 16.3 Å². The molecule has 1 unspecified atom stereocenters. The topological polar surface area (TPSA) is 44.1 Å². The summed E-state index contributed by atoms with van der Waals surface area (Å²) < 4.78 is 7.46. The van der Waals surface area contributed by atoms with Gasteiger partial charge in [-0.1, -0.05) is 32.4 Å². The number of ether oxygens (including phenoxy) is 1. The summed E-state index contributed by atoms with van der Waals surface area (Å²) in [6.07, 6.45) is 4.37. The number of carbonyl (C=O) groups is 1. The molecule has 0 bridgehead atoms. The molecule has 2 aromatic rings. The Balaban J connectivity index is 2.31. The molecule has 0 aliphatic carbocycles. The van der Waals surface area contributed by atoms with Crippen molar-refractivity contribution in [3.8, 4) is 5.88 Å². The zero-order valence-corrected chi connectivity index (χ0v) is 12.5. The Labute approximate surface area is 123 Å². The van der Waals surface area contributed by atoms with Crippen LogP contribution in [0.5, 0.6) is 5.88 Å². The molecule has 0 amide bonds. The van der Waals surface area contributed by atoms with Crippen LogP contribution in [0.15, 0.2) is 42.9 Å². The molecule has 2 heterocycles. The second-order valence-corrected chi connectivity index (χ2v) is 5.96. The van der Waals surface area contributed by atoms with Crippen LogP contribution >= 0.6 is 11.6 Å². The van der Waals surface area contributed by atoms with E-state index in [0.717, 1.165) is 0 Å². The molecular formula is C15H17ClN2O2. The molecule has 0 spiro atoms. The molecule has 2 aromatic heterocycles. The fraction of sp³-hybridized carbons (Fsp3) is 0.333. The van der Waals surface area contributed by atoms with E-state index in [2.05, 4.69) is 4.98 Å². The summed E-state index contributed by atoms with van der Waals surface area (Å²) in [5, 5.41) is 0.518. The molecule has 0 N–H and O–H groups in total. The number of Topliss-reactive ketones (excluding diaryl/α,β-unsaturated/α-hetero) is 1. The molecule has 0 aliphatic rings. The Morgan fingerprint density at radius 2 is 2.00 bits per heavy atom. The van der Waals surface area contributed by atoms with Crippen molar-refractivity contribution in [2.24, 2.45) is 5.41 Å². The second-order valence-electron chi connectivity index (χ2n) is 5.53. The zero-order chi connectivity index (χ0) is 14.8. The fourth-order valence-electron chi connectivity index (χ4n) is 1.69. The number of halogens is 1. The molecule has 5 heteroatoms. The fourth-order valence-corrected chi connectivity index (χ4v) is 1.84. The van der Waals surface area contributed by atoms with E-state index in [1.165, 1.54) is 0 Å². The summed E-state index contributed by atoms with van der Waals surface area (Å²) in [6.45, 7) is 5.59. The molecule has 20 heavy (non-hydrogen) atoms. The largest absolute Gasteiger partial charge is 0.446 e. The summed E-state index contributed by atoms with van der Waals surface area (Å²) in [5.74, 6) is 0.296. The maximum Gasteiger partial charge on any atom is 0.237 e. The van der Waals surface area contributed by atoms with Crippen LogP contribution in [0.3, 0.4) is 0 Å². The summed E-state index contributed by atoms with van der Waals surface area (Å²) in [4.78, 5) is 16.6. The van der Waals surface area contributed by atoms with Gasteiger partial charge in [0.1, 0.15) is 0 Å². The monoisotopic (exact) mass is 292 g/mol. The van der Waals surface area contributed by atoms with Crippen LogP contribution in [0.1, 0.15) is 27.0 Å². The lowest BCUT2D eigenvalue weighted by molar-refractivity contribution is -0.137. The number of hydrogen-bond donors (Lipinski definition) is 0. The van der Waals surface area contributed by atoms with Crippen molar-refractivity contribution in [2.45, 2.75) is 27.0 Å². The predicted molar refractivity (Wildman–Crippen MR) is 77.8 cm³/mol. The maximum absolute atomic E-state index is 12.5. The van der Waals surface area contributed by atoms with Gasteiger partial charge in [-0.05, 0) is 18.2 Å². The van der Waals surface area contributed by atoms with Gasteiger partial charge in [0, 0.05) is 35.1 Å². The number of ketones is 1. The van der Waals surface area contributed by atoms with E-state index >= 15 is 0 Å². The Morgan fingerprint density at radius 1 is 1.35 bits per heavy atom. The van der Waals surface area contributed by atoms with Gasteiger partial charge in [0.25, 0.3) is 0 Å². The zero-order valence-electron chi connectivity index (χ0n) is 11.7. The standard InChI is InChI=1S/C15H17ClN2O2/c1-15(2,3)13(19)14(18-8-4-5-9-18)20-12-10-11(16)6-7-17-12/h4-10,14H,1-3H3. The van der Waals surface area contributed by atoms with E-state index < -0.39 is 11.6 Å². The highest BCUT2D eigenvalue weighted by Gasteiger charge is 2.32. The molecule has 0 radical (unpaired) electrons. The average Bonchev–Trinajstić information content (AvgIpc) is 2.87. The number of hydrogen-bond acceptors (Lipinski definition) is 3. The van der Waals surface area contributed by atoms with Gasteiger partial charge in [-0.2, -0.15) is 0 Å². The van der Waals surface area contributed by atoms with Crippen LogP contribution in [0, 0.1) is 5.41 Å². The molecule has 2 rings (SSSR count). The second kappa shape index (κ2) is 5.67. The van der Waals surface area contributed by atoms with Gasteiger partial charge in [0.2, 0.25) is 12.1 Å². The molecule has 4 nitrogen and oxygen atoms in total. The van der Waals surface area contributed by atoms with Gasteiger partial charge >= 0.3 is 0 Å². The molecule has 0 saturated carbocycles. The third-order valence-corrected chi connectivity index (χ3v) is 3.03. The number of pyridine rings is 1. The lowest BCUT2D eigenvalue weighted by Gasteiger charge is -2.25. The number of nitrogens with zero attached hydrogens (tertiary/aromatic N) is 2. The highest BCUT2D eigenvalue weighted by molar-refractivity contribution is 6.30. The minimum atomic E-state index is -0.754. The van der Waals surface area contributed by atoms with E-state index in [9.17, 15) is 4.79 Å². The molecule has 0 saturated heterocycles. The van der Waals surface area contributed by atoms with Gasteiger partial charge in [0.05, 0.1) is 0 Å².